The Hall–Kier alpha value is -3.85. The number of amides is 1. The Bertz CT molecular complexity index is 1520. The monoisotopic (exact) mass is 464 g/mol. The van der Waals surface area contributed by atoms with E-state index in [-0.39, 0.29) is 33.2 Å². The summed E-state index contributed by atoms with van der Waals surface area (Å²) in [5.41, 5.74) is 0.765. The maximum atomic E-state index is 13.9. The maximum Gasteiger partial charge on any atom is 0.297 e. The number of thiazole rings is 1. The summed E-state index contributed by atoms with van der Waals surface area (Å²) in [6.07, 6.45) is 0. The Balaban J connectivity index is 1.81. The Morgan fingerprint density at radius 3 is 2.70 bits per heavy atom. The number of benzene rings is 2. The van der Waals surface area contributed by atoms with Gasteiger partial charge in [0.15, 0.2) is 16.3 Å². The zero-order valence-corrected chi connectivity index (χ0v) is 18.7. The van der Waals surface area contributed by atoms with Gasteiger partial charge in [-0.15, -0.1) is 0 Å². The van der Waals surface area contributed by atoms with Crippen LogP contribution in [0.15, 0.2) is 51.7 Å². The number of hydrogen-bond donors (Lipinski definition) is 0. The van der Waals surface area contributed by atoms with Crippen LogP contribution in [0.4, 0.5) is 9.52 Å². The van der Waals surface area contributed by atoms with E-state index < -0.39 is 23.2 Å². The first-order valence-corrected chi connectivity index (χ1v) is 10.8. The summed E-state index contributed by atoms with van der Waals surface area (Å²) in [6, 6.07) is 9.64. The number of Topliss-reactive ketones (excluding diaryl/α,β-unsaturated/α-hetero) is 1. The number of methoxy groups -OCH3 is 1. The van der Waals surface area contributed by atoms with Gasteiger partial charge in [-0.3, -0.25) is 19.3 Å². The van der Waals surface area contributed by atoms with Gasteiger partial charge in [0.2, 0.25) is 5.76 Å². The molecule has 2 aromatic carbocycles. The van der Waals surface area contributed by atoms with Crippen molar-refractivity contribution in [2.24, 2.45) is 0 Å². The number of fused-ring (bicyclic) bond motifs is 2. The van der Waals surface area contributed by atoms with E-state index >= 15 is 0 Å². The highest BCUT2D eigenvalue weighted by Crippen LogP contribution is 2.43. The molecule has 33 heavy (non-hydrogen) atoms. The minimum Gasteiger partial charge on any atom is -0.497 e. The first-order valence-electron chi connectivity index (χ1n) is 10.0. The number of rotatable bonds is 4. The van der Waals surface area contributed by atoms with E-state index in [1.54, 1.807) is 31.2 Å². The fraction of sp³-hybridized carbons (Fsp3) is 0.167. The van der Waals surface area contributed by atoms with Crippen molar-refractivity contribution in [3.05, 3.63) is 86.0 Å². The number of anilines is 1. The standard InChI is InChI=1S/C24H17FN2O5S/c1-11-22(12(2)28)33-24(26-11)27-19(13-5-4-6-15(9-13)31-3)18-20(29)16-10-14(25)7-8-17(16)32-21(18)23(27)30/h4-10,19H,1-3H3/t19-/m1/s1. The molecule has 4 aromatic rings. The molecule has 5 rings (SSSR count). The van der Waals surface area contributed by atoms with Crippen LogP contribution >= 0.6 is 11.3 Å². The molecule has 0 fully saturated rings. The summed E-state index contributed by atoms with van der Waals surface area (Å²) in [7, 11) is 1.51. The van der Waals surface area contributed by atoms with Crippen molar-refractivity contribution in [1.29, 1.82) is 0 Å². The molecule has 2 aromatic heterocycles. The SMILES string of the molecule is COc1cccc([C@@H]2c3c(oc4ccc(F)cc4c3=O)C(=O)N2c2nc(C)c(C(C)=O)s2)c1. The first kappa shape index (κ1) is 21.0. The van der Waals surface area contributed by atoms with Crippen LogP contribution in [0.1, 0.15) is 50.0 Å². The van der Waals surface area contributed by atoms with Crippen LogP contribution in [0.3, 0.4) is 0 Å². The van der Waals surface area contributed by atoms with E-state index in [1.807, 2.05) is 0 Å². The molecule has 166 valence electrons. The predicted octanol–water partition coefficient (Wildman–Crippen LogP) is 4.66. The lowest BCUT2D eigenvalue weighted by atomic mass is 9.98. The van der Waals surface area contributed by atoms with E-state index in [4.69, 9.17) is 9.15 Å². The second-order valence-electron chi connectivity index (χ2n) is 7.64. The number of ether oxygens (including phenoxy) is 1. The summed E-state index contributed by atoms with van der Waals surface area (Å²) in [6.45, 7) is 3.11. The Morgan fingerprint density at radius 2 is 2.00 bits per heavy atom. The summed E-state index contributed by atoms with van der Waals surface area (Å²) in [5.74, 6) is -0.928. The third kappa shape index (κ3) is 3.23. The quantitative estimate of drug-likeness (QED) is 0.408. The fourth-order valence-electron chi connectivity index (χ4n) is 4.08. The minimum atomic E-state index is -0.892. The highest BCUT2D eigenvalue weighted by atomic mass is 32.1. The molecule has 1 aliphatic heterocycles. The molecule has 0 saturated heterocycles. The number of halogens is 1. The molecule has 0 spiro atoms. The van der Waals surface area contributed by atoms with Crippen LogP contribution in [0.5, 0.6) is 5.75 Å². The van der Waals surface area contributed by atoms with Crippen molar-refractivity contribution in [2.45, 2.75) is 19.9 Å². The largest absolute Gasteiger partial charge is 0.497 e. The Kier molecular flexibility index (Phi) is 4.86. The van der Waals surface area contributed by atoms with Gasteiger partial charge < -0.3 is 9.15 Å². The number of ketones is 1. The molecule has 0 unspecified atom stereocenters. The topological polar surface area (TPSA) is 89.7 Å². The normalized spacial score (nSPS) is 15.2. The lowest BCUT2D eigenvalue weighted by molar-refractivity contribution is 0.0969. The number of carbonyl (C=O) groups excluding carboxylic acids is 2. The van der Waals surface area contributed by atoms with Gasteiger partial charge in [-0.05, 0) is 42.8 Å². The molecule has 3 heterocycles. The summed E-state index contributed by atoms with van der Waals surface area (Å²) < 4.78 is 25.1. The van der Waals surface area contributed by atoms with Crippen LogP contribution < -0.4 is 15.1 Å². The molecule has 1 atom stereocenters. The number of aromatic nitrogens is 1. The van der Waals surface area contributed by atoms with Crippen molar-refractivity contribution >= 4 is 39.1 Å². The third-order valence-electron chi connectivity index (χ3n) is 5.55. The highest BCUT2D eigenvalue weighted by molar-refractivity contribution is 7.17. The van der Waals surface area contributed by atoms with E-state index in [2.05, 4.69) is 4.98 Å². The van der Waals surface area contributed by atoms with Crippen LogP contribution in [-0.4, -0.2) is 23.8 Å². The molecule has 0 saturated carbocycles. The molecular weight excluding hydrogens is 447 g/mol. The van der Waals surface area contributed by atoms with Gasteiger partial charge in [-0.25, -0.2) is 9.37 Å². The number of nitrogens with zero attached hydrogens (tertiary/aromatic N) is 2. The first-order chi connectivity index (χ1) is 15.8. The number of carbonyl (C=O) groups is 2. The third-order valence-corrected chi connectivity index (χ3v) is 6.81. The molecule has 0 aliphatic carbocycles. The van der Waals surface area contributed by atoms with Crippen LogP contribution in [0.25, 0.3) is 11.0 Å². The van der Waals surface area contributed by atoms with Gasteiger partial charge >= 0.3 is 0 Å². The predicted molar refractivity (Wildman–Crippen MR) is 121 cm³/mol. The molecule has 0 radical (unpaired) electrons. The maximum absolute atomic E-state index is 13.9. The van der Waals surface area contributed by atoms with E-state index in [9.17, 15) is 18.8 Å². The number of aryl methyl sites for hydroxylation is 1. The number of hydrogen-bond acceptors (Lipinski definition) is 7. The lowest BCUT2D eigenvalue weighted by Gasteiger charge is -2.22. The van der Waals surface area contributed by atoms with E-state index in [0.29, 0.717) is 21.9 Å². The average Bonchev–Trinajstić information content (AvgIpc) is 3.32. The smallest absolute Gasteiger partial charge is 0.297 e. The highest BCUT2D eigenvalue weighted by Gasteiger charge is 2.45. The molecule has 7 nitrogen and oxygen atoms in total. The summed E-state index contributed by atoms with van der Waals surface area (Å²) in [4.78, 5) is 45.3. The van der Waals surface area contributed by atoms with Gasteiger partial charge in [-0.1, -0.05) is 23.5 Å². The Morgan fingerprint density at radius 1 is 1.21 bits per heavy atom. The molecule has 1 amide bonds. The van der Waals surface area contributed by atoms with Crippen LogP contribution in [0, 0.1) is 12.7 Å². The van der Waals surface area contributed by atoms with Crippen molar-refractivity contribution in [3.8, 4) is 5.75 Å². The van der Waals surface area contributed by atoms with E-state index in [1.165, 1.54) is 25.0 Å². The summed E-state index contributed by atoms with van der Waals surface area (Å²) >= 11 is 1.07. The average molecular weight is 464 g/mol. The van der Waals surface area contributed by atoms with Gasteiger partial charge in [0.25, 0.3) is 5.91 Å². The van der Waals surface area contributed by atoms with Crippen molar-refractivity contribution in [2.75, 3.05) is 12.0 Å². The second kappa shape index (κ2) is 7.63. The zero-order valence-electron chi connectivity index (χ0n) is 17.8. The van der Waals surface area contributed by atoms with Crippen LogP contribution in [-0.2, 0) is 0 Å². The lowest BCUT2D eigenvalue weighted by Crippen LogP contribution is -2.29. The van der Waals surface area contributed by atoms with Gasteiger partial charge in [0.05, 0.1) is 34.7 Å². The Labute approximate surface area is 191 Å². The van der Waals surface area contributed by atoms with Crippen molar-refractivity contribution in [1.82, 2.24) is 4.98 Å². The van der Waals surface area contributed by atoms with Gasteiger partial charge in [0, 0.05) is 6.92 Å². The fourth-order valence-corrected chi connectivity index (χ4v) is 5.07. The minimum absolute atomic E-state index is 0.0380. The zero-order chi connectivity index (χ0) is 23.4. The van der Waals surface area contributed by atoms with Gasteiger partial charge in [-0.2, -0.15) is 0 Å². The van der Waals surface area contributed by atoms with Crippen LogP contribution in [0.2, 0.25) is 0 Å². The second-order valence-corrected chi connectivity index (χ2v) is 8.61. The van der Waals surface area contributed by atoms with E-state index in [0.717, 1.165) is 23.5 Å². The van der Waals surface area contributed by atoms with Crippen molar-refractivity contribution < 1.29 is 23.1 Å². The summed E-state index contributed by atoms with van der Waals surface area (Å²) in [5, 5.41) is 0.299. The van der Waals surface area contributed by atoms with Gasteiger partial charge in [0.1, 0.15) is 17.1 Å². The van der Waals surface area contributed by atoms with Crippen molar-refractivity contribution in [3.63, 3.8) is 0 Å². The molecule has 0 bridgehead atoms. The molecular formula is C24H17FN2O5S. The molecule has 1 aliphatic rings. The molecule has 0 N–H and O–H groups in total. The molecule has 9 heteroatoms.